The van der Waals surface area contributed by atoms with E-state index in [2.05, 4.69) is 10.6 Å². The summed E-state index contributed by atoms with van der Waals surface area (Å²) in [6.45, 7) is 0.537. The smallest absolute Gasteiger partial charge is 0.271 e. The molecule has 0 aromatic heterocycles. The van der Waals surface area contributed by atoms with E-state index in [1.165, 1.54) is 36.3 Å². The number of carbonyl (C=O) groups excluding carboxylic acids is 3. The molecular weight excluding hydrogens is 392 g/mol. The van der Waals surface area contributed by atoms with E-state index in [0.29, 0.717) is 11.3 Å². The molecule has 2 aromatic carbocycles. The highest BCUT2D eigenvalue weighted by atomic mass is 16.6. The first-order valence-electron chi connectivity index (χ1n) is 9.16. The van der Waals surface area contributed by atoms with Gasteiger partial charge in [0.2, 0.25) is 11.8 Å². The van der Waals surface area contributed by atoms with Crippen molar-refractivity contribution in [3.8, 4) is 5.75 Å². The average Bonchev–Trinajstić information content (AvgIpc) is 2.75. The van der Waals surface area contributed by atoms with Crippen LogP contribution in [0.3, 0.4) is 0 Å². The summed E-state index contributed by atoms with van der Waals surface area (Å²) in [7, 11) is 1.52. The molecular formula is C20H20N4O6. The predicted octanol–water partition coefficient (Wildman–Crippen LogP) is 1.57. The summed E-state index contributed by atoms with van der Waals surface area (Å²) in [6.07, 6.45) is -0.281. The van der Waals surface area contributed by atoms with E-state index in [4.69, 9.17) is 4.74 Å². The summed E-state index contributed by atoms with van der Waals surface area (Å²) in [5.41, 5.74) is 0.438. The van der Waals surface area contributed by atoms with Crippen LogP contribution in [0.4, 0.5) is 11.4 Å². The molecule has 3 amide bonds. The minimum Gasteiger partial charge on any atom is -0.497 e. The van der Waals surface area contributed by atoms with Gasteiger partial charge in [0.15, 0.2) is 0 Å². The van der Waals surface area contributed by atoms with Gasteiger partial charge in [0, 0.05) is 36.5 Å². The fraction of sp³-hybridized carbons (Fsp3) is 0.250. The molecule has 3 rings (SSSR count). The molecule has 0 aliphatic carbocycles. The lowest BCUT2D eigenvalue weighted by molar-refractivity contribution is -0.384. The van der Waals surface area contributed by atoms with Crippen molar-refractivity contribution in [2.24, 2.45) is 0 Å². The number of nitro groups is 1. The lowest BCUT2D eigenvalue weighted by atomic mass is 10.1. The molecule has 1 aliphatic rings. The van der Waals surface area contributed by atoms with Gasteiger partial charge in [0.25, 0.3) is 11.6 Å². The van der Waals surface area contributed by atoms with Crippen molar-refractivity contribution in [1.82, 2.24) is 10.2 Å². The third-order valence-corrected chi connectivity index (χ3v) is 4.65. The summed E-state index contributed by atoms with van der Waals surface area (Å²) < 4.78 is 5.08. The number of ether oxygens (including phenoxy) is 1. The van der Waals surface area contributed by atoms with Crippen molar-refractivity contribution in [1.29, 1.82) is 0 Å². The number of amides is 3. The first-order chi connectivity index (χ1) is 14.4. The standard InChI is InChI=1S/C20H20N4O6/c1-30-16-7-5-13(6-8-16)20(27)23-10-9-21-19(26)17(23)12-18(25)22-14-3-2-4-15(11-14)24(28)29/h2-8,11,17H,9-10,12H2,1H3,(H,21,26)(H,22,25)/t17-/m1/s1. The summed E-state index contributed by atoms with van der Waals surface area (Å²) in [4.78, 5) is 49.4. The zero-order chi connectivity index (χ0) is 21.7. The van der Waals surface area contributed by atoms with Crippen LogP contribution in [0.1, 0.15) is 16.8 Å². The van der Waals surface area contributed by atoms with Crippen LogP contribution in [-0.2, 0) is 9.59 Å². The Morgan fingerprint density at radius 3 is 2.67 bits per heavy atom. The molecule has 0 unspecified atom stereocenters. The van der Waals surface area contributed by atoms with E-state index >= 15 is 0 Å². The third-order valence-electron chi connectivity index (χ3n) is 4.65. The number of non-ortho nitro benzene ring substituents is 1. The minimum absolute atomic E-state index is 0.167. The Bertz CT molecular complexity index is 976. The van der Waals surface area contributed by atoms with Crippen LogP contribution >= 0.6 is 0 Å². The Kier molecular flexibility index (Phi) is 6.26. The zero-order valence-corrected chi connectivity index (χ0v) is 16.2. The van der Waals surface area contributed by atoms with Crippen molar-refractivity contribution in [3.63, 3.8) is 0 Å². The maximum Gasteiger partial charge on any atom is 0.271 e. The van der Waals surface area contributed by atoms with Gasteiger partial charge < -0.3 is 20.3 Å². The topological polar surface area (TPSA) is 131 Å². The van der Waals surface area contributed by atoms with E-state index in [0.717, 1.165) is 0 Å². The van der Waals surface area contributed by atoms with Gasteiger partial charge in [0.1, 0.15) is 11.8 Å². The molecule has 156 valence electrons. The maximum atomic E-state index is 12.9. The summed E-state index contributed by atoms with van der Waals surface area (Å²) >= 11 is 0. The summed E-state index contributed by atoms with van der Waals surface area (Å²) in [6, 6.07) is 10.9. The number of benzene rings is 2. The molecule has 10 heteroatoms. The molecule has 0 spiro atoms. The van der Waals surface area contributed by atoms with Crippen LogP contribution in [0.5, 0.6) is 5.75 Å². The number of anilines is 1. The second-order valence-electron chi connectivity index (χ2n) is 6.59. The normalized spacial score (nSPS) is 15.8. The largest absolute Gasteiger partial charge is 0.497 e. The van der Waals surface area contributed by atoms with Gasteiger partial charge >= 0.3 is 0 Å². The minimum atomic E-state index is -0.993. The lowest BCUT2D eigenvalue weighted by Gasteiger charge is -2.34. The second kappa shape index (κ2) is 9.03. The molecule has 2 N–H and O–H groups in total. The highest BCUT2D eigenvalue weighted by Gasteiger charge is 2.35. The highest BCUT2D eigenvalue weighted by Crippen LogP contribution is 2.20. The molecule has 1 aliphatic heterocycles. The van der Waals surface area contributed by atoms with Crippen molar-refractivity contribution in [2.75, 3.05) is 25.5 Å². The Morgan fingerprint density at radius 1 is 1.27 bits per heavy atom. The van der Waals surface area contributed by atoms with Crippen LogP contribution in [0.25, 0.3) is 0 Å². The van der Waals surface area contributed by atoms with E-state index in [9.17, 15) is 24.5 Å². The number of hydrogen-bond donors (Lipinski definition) is 2. The van der Waals surface area contributed by atoms with Crippen molar-refractivity contribution in [2.45, 2.75) is 12.5 Å². The summed E-state index contributed by atoms with van der Waals surface area (Å²) in [5.74, 6) is -0.751. The van der Waals surface area contributed by atoms with Gasteiger partial charge in [-0.25, -0.2) is 0 Å². The van der Waals surface area contributed by atoms with Gasteiger partial charge in [-0.15, -0.1) is 0 Å². The quantitative estimate of drug-likeness (QED) is 0.547. The lowest BCUT2D eigenvalue weighted by Crippen LogP contribution is -2.58. The molecule has 1 heterocycles. The van der Waals surface area contributed by atoms with E-state index in [1.54, 1.807) is 24.3 Å². The van der Waals surface area contributed by atoms with Gasteiger partial charge in [-0.3, -0.25) is 24.5 Å². The predicted molar refractivity (Wildman–Crippen MR) is 107 cm³/mol. The number of nitrogens with one attached hydrogen (secondary N) is 2. The summed E-state index contributed by atoms with van der Waals surface area (Å²) in [5, 5.41) is 16.1. The van der Waals surface area contributed by atoms with Crippen molar-refractivity contribution < 1.29 is 24.0 Å². The van der Waals surface area contributed by atoms with Gasteiger partial charge in [-0.05, 0) is 30.3 Å². The fourth-order valence-corrected chi connectivity index (χ4v) is 3.14. The van der Waals surface area contributed by atoms with Gasteiger partial charge in [-0.2, -0.15) is 0 Å². The molecule has 30 heavy (non-hydrogen) atoms. The molecule has 1 atom stereocenters. The molecule has 2 aromatic rings. The van der Waals surface area contributed by atoms with E-state index < -0.39 is 22.8 Å². The van der Waals surface area contributed by atoms with Crippen LogP contribution in [-0.4, -0.2) is 53.8 Å². The van der Waals surface area contributed by atoms with Gasteiger partial charge in [0.05, 0.1) is 18.5 Å². The molecule has 1 fully saturated rings. The number of carbonyl (C=O) groups is 3. The highest BCUT2D eigenvalue weighted by molar-refractivity contribution is 6.01. The first-order valence-corrected chi connectivity index (χ1v) is 9.16. The Hall–Kier alpha value is -3.95. The number of hydrogen-bond acceptors (Lipinski definition) is 6. The SMILES string of the molecule is COc1ccc(C(=O)N2CCNC(=O)[C@H]2CC(=O)Nc2cccc([N+](=O)[O-])c2)cc1. The monoisotopic (exact) mass is 412 g/mol. The molecule has 10 nitrogen and oxygen atoms in total. The number of nitro benzene ring substituents is 1. The molecule has 0 saturated carbocycles. The first kappa shape index (κ1) is 20.8. The molecule has 0 radical (unpaired) electrons. The Labute approximate surface area is 172 Å². The zero-order valence-electron chi connectivity index (χ0n) is 16.2. The Balaban J connectivity index is 1.73. The van der Waals surface area contributed by atoms with Crippen molar-refractivity contribution in [3.05, 3.63) is 64.2 Å². The van der Waals surface area contributed by atoms with Crippen LogP contribution in [0.15, 0.2) is 48.5 Å². The van der Waals surface area contributed by atoms with Crippen LogP contribution in [0, 0.1) is 10.1 Å². The van der Waals surface area contributed by atoms with Crippen molar-refractivity contribution >= 4 is 29.1 Å². The number of nitrogens with zero attached hydrogens (tertiary/aromatic N) is 2. The second-order valence-corrected chi connectivity index (χ2v) is 6.59. The van der Waals surface area contributed by atoms with Gasteiger partial charge in [-0.1, -0.05) is 6.07 Å². The van der Waals surface area contributed by atoms with E-state index in [1.807, 2.05) is 0 Å². The fourth-order valence-electron chi connectivity index (χ4n) is 3.14. The number of piperazine rings is 1. The Morgan fingerprint density at radius 2 is 2.00 bits per heavy atom. The van der Waals surface area contributed by atoms with Crippen LogP contribution in [0.2, 0.25) is 0 Å². The average molecular weight is 412 g/mol. The molecule has 0 bridgehead atoms. The molecule has 1 saturated heterocycles. The number of rotatable bonds is 6. The third kappa shape index (κ3) is 4.72. The maximum absolute atomic E-state index is 12.9. The van der Waals surface area contributed by atoms with Crippen LogP contribution < -0.4 is 15.4 Å². The number of methoxy groups -OCH3 is 1. The van der Waals surface area contributed by atoms with E-state index in [-0.39, 0.29) is 36.8 Å².